The van der Waals surface area contributed by atoms with Crippen LogP contribution in [0.2, 0.25) is 0 Å². The van der Waals surface area contributed by atoms with Gasteiger partial charge < -0.3 is 5.11 Å². The molecule has 2 aromatic rings. The van der Waals surface area contributed by atoms with E-state index in [1.807, 2.05) is 6.92 Å². The van der Waals surface area contributed by atoms with Crippen molar-refractivity contribution in [2.45, 2.75) is 30.2 Å². The van der Waals surface area contributed by atoms with Gasteiger partial charge in [-0.15, -0.1) is 0 Å². The quantitative estimate of drug-likeness (QED) is 0.906. The molecule has 3 rings (SSSR count). The number of carboxylic acids is 1. The molecular weight excluding hydrogens is 345 g/mol. The smallest absolute Gasteiger partial charge is 0.335 e. The lowest BCUT2D eigenvalue weighted by atomic mass is 9.97. The van der Waals surface area contributed by atoms with Crippen molar-refractivity contribution < 1.29 is 22.7 Å². The minimum atomic E-state index is -3.71. The van der Waals surface area contributed by atoms with Gasteiger partial charge in [0.2, 0.25) is 10.0 Å². The molecule has 5 nitrogen and oxygen atoms in total. The van der Waals surface area contributed by atoms with E-state index in [2.05, 4.69) is 0 Å². The van der Waals surface area contributed by atoms with E-state index >= 15 is 0 Å². The first kappa shape index (κ1) is 17.6. The van der Waals surface area contributed by atoms with Gasteiger partial charge in [0.1, 0.15) is 5.82 Å². The summed E-state index contributed by atoms with van der Waals surface area (Å²) in [4.78, 5) is 11.0. The summed E-state index contributed by atoms with van der Waals surface area (Å²) in [5.74, 6) is -1.42. The van der Waals surface area contributed by atoms with Crippen molar-refractivity contribution in [3.8, 4) is 0 Å². The van der Waals surface area contributed by atoms with Crippen LogP contribution in [0.3, 0.4) is 0 Å². The Bertz CT molecular complexity index is 878. The van der Waals surface area contributed by atoms with Crippen LogP contribution in [0, 0.1) is 5.82 Å². The fourth-order valence-corrected chi connectivity index (χ4v) is 4.90. The first-order valence-electron chi connectivity index (χ1n) is 7.89. The van der Waals surface area contributed by atoms with Crippen LogP contribution in [-0.2, 0) is 10.0 Å². The fourth-order valence-electron chi connectivity index (χ4n) is 3.22. The van der Waals surface area contributed by atoms with Crippen LogP contribution in [0.15, 0.2) is 53.4 Å². The Morgan fingerprint density at radius 3 is 2.28 bits per heavy atom. The Kier molecular flexibility index (Phi) is 4.62. The van der Waals surface area contributed by atoms with Crippen molar-refractivity contribution in [2.75, 3.05) is 6.54 Å². The molecule has 2 aromatic carbocycles. The lowest BCUT2D eigenvalue weighted by Gasteiger charge is -2.21. The first-order valence-corrected chi connectivity index (χ1v) is 9.33. The van der Waals surface area contributed by atoms with E-state index in [0.717, 1.165) is 5.56 Å². The topological polar surface area (TPSA) is 74.7 Å². The molecule has 0 bridgehead atoms. The second-order valence-corrected chi connectivity index (χ2v) is 8.13. The lowest BCUT2D eigenvalue weighted by Crippen LogP contribution is -2.34. The summed E-state index contributed by atoms with van der Waals surface area (Å²) in [6.45, 7) is 2.16. The molecule has 0 saturated carbocycles. The van der Waals surface area contributed by atoms with Crippen molar-refractivity contribution in [1.29, 1.82) is 0 Å². The summed E-state index contributed by atoms with van der Waals surface area (Å²) < 4.78 is 40.3. The molecule has 1 N–H and O–H groups in total. The molecule has 0 spiro atoms. The summed E-state index contributed by atoms with van der Waals surface area (Å²) in [6, 6.07) is 11.1. The molecule has 25 heavy (non-hydrogen) atoms. The van der Waals surface area contributed by atoms with Gasteiger partial charge >= 0.3 is 5.97 Å². The zero-order valence-corrected chi connectivity index (χ0v) is 14.4. The third-order valence-electron chi connectivity index (χ3n) is 4.57. The molecule has 7 heteroatoms. The highest BCUT2D eigenvalue weighted by Gasteiger charge is 2.38. The molecule has 1 saturated heterocycles. The molecule has 0 aromatic heterocycles. The molecule has 1 aliphatic rings. The van der Waals surface area contributed by atoms with Gasteiger partial charge in [-0.05, 0) is 61.2 Å². The summed E-state index contributed by atoms with van der Waals surface area (Å²) in [5, 5.41) is 8.93. The van der Waals surface area contributed by atoms with Crippen LogP contribution >= 0.6 is 0 Å². The number of halogens is 1. The van der Waals surface area contributed by atoms with Crippen LogP contribution in [0.4, 0.5) is 4.39 Å². The highest BCUT2D eigenvalue weighted by molar-refractivity contribution is 7.89. The van der Waals surface area contributed by atoms with Gasteiger partial charge in [-0.2, -0.15) is 4.31 Å². The summed E-state index contributed by atoms with van der Waals surface area (Å²) in [6.07, 6.45) is 0.651. The highest BCUT2D eigenvalue weighted by atomic mass is 32.2. The predicted octanol–water partition coefficient (Wildman–Crippen LogP) is 3.09. The second-order valence-electron chi connectivity index (χ2n) is 6.24. The number of nitrogens with zero attached hydrogens (tertiary/aromatic N) is 1. The number of aromatic carboxylic acids is 1. The summed E-state index contributed by atoms with van der Waals surface area (Å²) in [7, 11) is -3.71. The van der Waals surface area contributed by atoms with E-state index in [1.54, 1.807) is 12.1 Å². The summed E-state index contributed by atoms with van der Waals surface area (Å²) in [5.41, 5.74) is 0.949. The van der Waals surface area contributed by atoms with E-state index < -0.39 is 16.0 Å². The summed E-state index contributed by atoms with van der Waals surface area (Å²) >= 11 is 0. The molecular formula is C18H18FNO4S. The number of hydrogen-bond donors (Lipinski definition) is 1. The average molecular weight is 363 g/mol. The van der Waals surface area contributed by atoms with Gasteiger partial charge in [-0.3, -0.25) is 0 Å². The van der Waals surface area contributed by atoms with Gasteiger partial charge in [0.25, 0.3) is 0 Å². The van der Waals surface area contributed by atoms with E-state index in [-0.39, 0.29) is 28.2 Å². The van der Waals surface area contributed by atoms with Gasteiger partial charge in [0, 0.05) is 12.6 Å². The largest absolute Gasteiger partial charge is 0.478 e. The fraction of sp³-hybridized carbons (Fsp3) is 0.278. The zero-order chi connectivity index (χ0) is 18.2. The maximum atomic E-state index is 13.1. The van der Waals surface area contributed by atoms with Crippen LogP contribution < -0.4 is 0 Å². The number of carboxylic acid groups (broad SMARTS) is 1. The van der Waals surface area contributed by atoms with E-state index in [9.17, 15) is 17.6 Å². The molecule has 1 aliphatic heterocycles. The molecule has 0 aliphatic carbocycles. The highest BCUT2D eigenvalue weighted by Crippen LogP contribution is 2.35. The van der Waals surface area contributed by atoms with Crippen LogP contribution in [-0.4, -0.2) is 36.4 Å². The first-order chi connectivity index (χ1) is 11.8. The average Bonchev–Trinajstić information content (AvgIpc) is 2.98. The molecule has 1 fully saturated rings. The maximum absolute atomic E-state index is 13.1. The van der Waals surface area contributed by atoms with Gasteiger partial charge in [-0.25, -0.2) is 17.6 Å². The molecule has 2 unspecified atom stereocenters. The van der Waals surface area contributed by atoms with Crippen molar-refractivity contribution >= 4 is 16.0 Å². The van der Waals surface area contributed by atoms with Crippen molar-refractivity contribution in [1.82, 2.24) is 4.31 Å². The molecule has 1 heterocycles. The zero-order valence-electron chi connectivity index (χ0n) is 13.6. The standard InChI is InChI=1S/C18H18FNO4S/c1-12-10-15(13-2-6-16(19)7-3-13)11-20(12)25(23,24)17-8-4-14(5-9-17)18(21)22/h2-9,12,15H,10-11H2,1H3,(H,21,22). The third-order valence-corrected chi connectivity index (χ3v) is 6.56. The molecule has 0 amide bonds. The Labute approximate surface area is 145 Å². The third kappa shape index (κ3) is 3.43. The van der Waals surface area contributed by atoms with Gasteiger partial charge in [-0.1, -0.05) is 12.1 Å². The molecule has 132 valence electrons. The second kappa shape index (κ2) is 6.57. The monoisotopic (exact) mass is 363 g/mol. The van der Waals surface area contributed by atoms with Gasteiger partial charge in [0.15, 0.2) is 0 Å². The van der Waals surface area contributed by atoms with E-state index in [4.69, 9.17) is 5.11 Å². The maximum Gasteiger partial charge on any atom is 0.335 e. The van der Waals surface area contributed by atoms with Crippen LogP contribution in [0.5, 0.6) is 0 Å². The predicted molar refractivity (Wildman–Crippen MR) is 90.5 cm³/mol. The molecule has 2 atom stereocenters. The van der Waals surface area contributed by atoms with Crippen molar-refractivity contribution in [2.24, 2.45) is 0 Å². The normalized spacial score (nSPS) is 21.4. The molecule has 0 radical (unpaired) electrons. The Morgan fingerprint density at radius 2 is 1.72 bits per heavy atom. The minimum absolute atomic E-state index is 0.00340. The van der Waals surface area contributed by atoms with Crippen molar-refractivity contribution in [3.63, 3.8) is 0 Å². The Hall–Kier alpha value is -2.25. The van der Waals surface area contributed by atoms with E-state index in [0.29, 0.717) is 13.0 Å². The number of rotatable bonds is 4. The Balaban J connectivity index is 1.84. The van der Waals surface area contributed by atoms with Crippen molar-refractivity contribution in [3.05, 3.63) is 65.5 Å². The number of benzene rings is 2. The van der Waals surface area contributed by atoms with Crippen LogP contribution in [0.1, 0.15) is 35.2 Å². The number of sulfonamides is 1. The number of hydrogen-bond acceptors (Lipinski definition) is 3. The van der Waals surface area contributed by atoms with E-state index in [1.165, 1.54) is 40.7 Å². The Morgan fingerprint density at radius 1 is 1.12 bits per heavy atom. The SMILES string of the molecule is CC1CC(c2ccc(F)cc2)CN1S(=O)(=O)c1ccc(C(=O)O)cc1. The van der Waals surface area contributed by atoms with Gasteiger partial charge in [0.05, 0.1) is 10.5 Å². The number of carbonyl (C=O) groups is 1. The minimum Gasteiger partial charge on any atom is -0.478 e. The van der Waals surface area contributed by atoms with Crippen LogP contribution in [0.25, 0.3) is 0 Å². The lowest BCUT2D eigenvalue weighted by molar-refractivity contribution is 0.0696.